The second kappa shape index (κ2) is 8.83. The zero-order valence-electron chi connectivity index (χ0n) is 17.5. The van der Waals surface area contributed by atoms with Crippen molar-refractivity contribution in [1.82, 2.24) is 9.97 Å². The molecule has 6 nitrogen and oxygen atoms in total. The number of hydrogen-bond donors (Lipinski definition) is 1. The summed E-state index contributed by atoms with van der Waals surface area (Å²) < 4.78 is 4.88. The normalized spacial score (nSPS) is 15.4. The number of aromatic nitrogens is 2. The molecule has 0 spiro atoms. The van der Waals surface area contributed by atoms with Crippen molar-refractivity contribution in [2.75, 3.05) is 30.9 Å². The molecule has 0 unspecified atom stereocenters. The number of anilines is 3. The topological polar surface area (TPSA) is 67.3 Å². The van der Waals surface area contributed by atoms with E-state index in [0.29, 0.717) is 17.2 Å². The molecule has 1 aromatic carbocycles. The van der Waals surface area contributed by atoms with Crippen molar-refractivity contribution >= 4 is 34.5 Å². The number of carbonyl (C=O) groups excluding carboxylic acids is 1. The molecule has 0 fully saturated rings. The SMILES string of the molecule is COC(=O)c1ccncc1NC[C@@H]1CCCc2cc(N(C)c3csc(C)n3)ccc21. The number of thiazole rings is 1. The van der Waals surface area contributed by atoms with Crippen LogP contribution < -0.4 is 10.2 Å². The van der Waals surface area contributed by atoms with E-state index in [9.17, 15) is 4.79 Å². The van der Waals surface area contributed by atoms with Crippen molar-refractivity contribution in [3.63, 3.8) is 0 Å². The van der Waals surface area contributed by atoms with Crippen molar-refractivity contribution < 1.29 is 9.53 Å². The minimum atomic E-state index is -0.353. The number of aryl methyl sites for hydroxylation is 2. The Morgan fingerprint density at radius 3 is 3.00 bits per heavy atom. The molecule has 0 saturated heterocycles. The number of nitrogens with one attached hydrogen (secondary N) is 1. The van der Waals surface area contributed by atoms with Gasteiger partial charge in [-0.25, -0.2) is 9.78 Å². The lowest BCUT2D eigenvalue weighted by Crippen LogP contribution is -2.20. The first kappa shape index (κ1) is 20.3. The largest absolute Gasteiger partial charge is 0.465 e. The maximum atomic E-state index is 12.0. The van der Waals surface area contributed by atoms with Gasteiger partial charge >= 0.3 is 5.97 Å². The average molecular weight is 423 g/mol. The smallest absolute Gasteiger partial charge is 0.340 e. The van der Waals surface area contributed by atoms with Gasteiger partial charge < -0.3 is 15.0 Å². The quantitative estimate of drug-likeness (QED) is 0.568. The summed E-state index contributed by atoms with van der Waals surface area (Å²) in [5.74, 6) is 1.02. The number of benzene rings is 1. The van der Waals surface area contributed by atoms with Gasteiger partial charge in [0.25, 0.3) is 0 Å². The van der Waals surface area contributed by atoms with E-state index < -0.39 is 0 Å². The molecule has 1 atom stereocenters. The summed E-state index contributed by atoms with van der Waals surface area (Å²) in [4.78, 5) is 22.9. The van der Waals surface area contributed by atoms with Gasteiger partial charge in [-0.1, -0.05) is 6.07 Å². The fourth-order valence-corrected chi connectivity index (χ4v) is 4.65. The molecule has 1 aliphatic rings. The van der Waals surface area contributed by atoms with E-state index in [1.807, 2.05) is 6.92 Å². The van der Waals surface area contributed by atoms with Crippen molar-refractivity contribution in [3.8, 4) is 0 Å². The number of fused-ring (bicyclic) bond motifs is 1. The molecule has 1 N–H and O–H groups in total. The van der Waals surface area contributed by atoms with Crippen molar-refractivity contribution in [2.24, 2.45) is 0 Å². The Morgan fingerprint density at radius 1 is 1.37 bits per heavy atom. The second-order valence-corrected chi connectivity index (χ2v) is 8.61. The lowest BCUT2D eigenvalue weighted by molar-refractivity contribution is 0.0601. The molecular formula is C23H26N4O2S. The number of methoxy groups -OCH3 is 1. The van der Waals surface area contributed by atoms with E-state index >= 15 is 0 Å². The fraction of sp³-hybridized carbons (Fsp3) is 0.348. The molecule has 3 aromatic rings. The summed E-state index contributed by atoms with van der Waals surface area (Å²) in [6.07, 6.45) is 6.65. The summed E-state index contributed by atoms with van der Waals surface area (Å²) in [6.45, 7) is 2.78. The predicted octanol–water partition coefficient (Wildman–Crippen LogP) is 4.93. The summed E-state index contributed by atoms with van der Waals surface area (Å²) in [7, 11) is 3.46. The van der Waals surface area contributed by atoms with Crippen LogP contribution >= 0.6 is 11.3 Å². The minimum absolute atomic E-state index is 0.353. The summed E-state index contributed by atoms with van der Waals surface area (Å²) >= 11 is 1.67. The van der Waals surface area contributed by atoms with Crippen LogP contribution in [0.4, 0.5) is 17.2 Å². The Morgan fingerprint density at radius 2 is 2.23 bits per heavy atom. The van der Waals surface area contributed by atoms with Crippen LogP contribution in [0.5, 0.6) is 0 Å². The summed E-state index contributed by atoms with van der Waals surface area (Å²) in [6, 6.07) is 8.40. The van der Waals surface area contributed by atoms with E-state index in [1.165, 1.54) is 18.2 Å². The van der Waals surface area contributed by atoms with Crippen LogP contribution in [-0.4, -0.2) is 36.6 Å². The zero-order valence-corrected chi connectivity index (χ0v) is 18.3. The third-order valence-electron chi connectivity index (χ3n) is 5.67. The van der Waals surface area contributed by atoms with E-state index in [-0.39, 0.29) is 5.97 Å². The highest BCUT2D eigenvalue weighted by atomic mass is 32.1. The van der Waals surface area contributed by atoms with Crippen molar-refractivity contribution in [2.45, 2.75) is 32.1 Å². The highest BCUT2D eigenvalue weighted by Crippen LogP contribution is 2.35. The molecular weight excluding hydrogens is 396 g/mol. The van der Waals surface area contributed by atoms with Gasteiger partial charge in [-0.15, -0.1) is 11.3 Å². The van der Waals surface area contributed by atoms with Crippen molar-refractivity contribution in [1.29, 1.82) is 0 Å². The van der Waals surface area contributed by atoms with Crippen LogP contribution in [0.2, 0.25) is 0 Å². The number of ether oxygens (including phenoxy) is 1. The summed E-state index contributed by atoms with van der Waals surface area (Å²) in [5, 5.41) is 6.59. The molecule has 156 valence electrons. The Balaban J connectivity index is 1.51. The first-order valence-corrected chi connectivity index (χ1v) is 11.0. The molecule has 0 aliphatic heterocycles. The Bertz CT molecular complexity index is 1050. The van der Waals surface area contributed by atoms with Gasteiger partial charge in [-0.3, -0.25) is 4.98 Å². The first-order valence-electron chi connectivity index (χ1n) is 10.1. The zero-order chi connectivity index (χ0) is 21.1. The average Bonchev–Trinajstić information content (AvgIpc) is 3.22. The molecule has 4 rings (SSSR count). The predicted molar refractivity (Wildman–Crippen MR) is 121 cm³/mol. The van der Waals surface area contributed by atoms with Gasteiger partial charge in [0, 0.05) is 36.8 Å². The fourth-order valence-electron chi connectivity index (χ4n) is 4.02. The molecule has 2 heterocycles. The molecule has 1 aliphatic carbocycles. The van der Waals surface area contributed by atoms with Crippen LogP contribution in [-0.2, 0) is 11.2 Å². The maximum Gasteiger partial charge on any atom is 0.340 e. The third-order valence-corrected chi connectivity index (χ3v) is 6.43. The molecule has 0 radical (unpaired) electrons. The van der Waals surface area contributed by atoms with E-state index in [0.717, 1.165) is 42.3 Å². The minimum Gasteiger partial charge on any atom is -0.465 e. The number of pyridine rings is 1. The third kappa shape index (κ3) is 4.16. The molecule has 0 amide bonds. The highest BCUT2D eigenvalue weighted by molar-refractivity contribution is 7.09. The molecule has 0 saturated carbocycles. The molecule has 2 aromatic heterocycles. The van der Waals surface area contributed by atoms with Crippen LogP contribution in [0.25, 0.3) is 0 Å². The number of rotatable bonds is 6. The van der Waals surface area contributed by atoms with Gasteiger partial charge in [-0.2, -0.15) is 0 Å². The van der Waals surface area contributed by atoms with Crippen LogP contribution in [0.3, 0.4) is 0 Å². The van der Waals surface area contributed by atoms with E-state index in [4.69, 9.17) is 4.74 Å². The standard InChI is InChI=1S/C23H26N4O2S/c1-15-26-22(14-30-15)27(2)18-7-8-19-16(11-18)5-4-6-17(19)12-25-21-13-24-10-9-20(21)23(28)29-3/h7-11,13-14,17,25H,4-6,12H2,1-3H3/t17-/m0/s1. The van der Waals surface area contributed by atoms with Gasteiger partial charge in [0.15, 0.2) is 0 Å². The Kier molecular flexibility index (Phi) is 5.99. The lowest BCUT2D eigenvalue weighted by atomic mass is 9.82. The second-order valence-electron chi connectivity index (χ2n) is 7.55. The number of carbonyl (C=O) groups is 1. The maximum absolute atomic E-state index is 12.0. The molecule has 30 heavy (non-hydrogen) atoms. The van der Waals surface area contributed by atoms with Crippen molar-refractivity contribution in [3.05, 3.63) is 63.7 Å². The lowest BCUT2D eigenvalue weighted by Gasteiger charge is -2.28. The van der Waals surface area contributed by atoms with E-state index in [2.05, 4.69) is 50.8 Å². The highest BCUT2D eigenvalue weighted by Gasteiger charge is 2.22. The van der Waals surface area contributed by atoms with Gasteiger partial charge in [0.2, 0.25) is 0 Å². The van der Waals surface area contributed by atoms with Gasteiger partial charge in [0.05, 0.1) is 29.6 Å². The monoisotopic (exact) mass is 422 g/mol. The van der Waals surface area contributed by atoms with Crippen LogP contribution in [0.1, 0.15) is 45.3 Å². The number of hydrogen-bond acceptors (Lipinski definition) is 7. The summed E-state index contributed by atoms with van der Waals surface area (Å²) in [5.41, 5.74) is 5.16. The number of nitrogens with zero attached hydrogens (tertiary/aromatic N) is 3. The first-order chi connectivity index (χ1) is 14.6. The molecule has 0 bridgehead atoms. The number of esters is 1. The Hall–Kier alpha value is -2.93. The Labute approximate surface area is 180 Å². The van der Waals surface area contributed by atoms with Gasteiger partial charge in [-0.05, 0) is 55.5 Å². The van der Waals surface area contributed by atoms with E-state index in [1.54, 1.807) is 29.8 Å². The molecule has 7 heteroatoms. The van der Waals surface area contributed by atoms with Crippen LogP contribution in [0, 0.1) is 6.92 Å². The van der Waals surface area contributed by atoms with Crippen LogP contribution in [0.15, 0.2) is 42.0 Å². The van der Waals surface area contributed by atoms with Gasteiger partial charge in [0.1, 0.15) is 5.82 Å².